The number of likely N-dealkylation sites (tertiary alicyclic amines) is 1. The number of amides is 1. The number of alkyl halides is 1. The number of piperidine rings is 1. The molecule has 0 bridgehead atoms. The molecule has 1 aromatic heterocycles. The van der Waals surface area contributed by atoms with E-state index < -0.39 is 17.5 Å². The summed E-state index contributed by atoms with van der Waals surface area (Å²) >= 11 is 8.25. The summed E-state index contributed by atoms with van der Waals surface area (Å²) in [5.74, 6) is 1.18. The van der Waals surface area contributed by atoms with Crippen molar-refractivity contribution in [2.24, 2.45) is 5.41 Å². The fourth-order valence-electron chi connectivity index (χ4n) is 5.26. The van der Waals surface area contributed by atoms with Gasteiger partial charge >= 0.3 is 0 Å². The molecule has 9 heteroatoms. The van der Waals surface area contributed by atoms with Crippen LogP contribution in [0.15, 0.2) is 53.6 Å². The number of ether oxygens (including phenoxy) is 1. The number of hydroxylamine groups is 1. The van der Waals surface area contributed by atoms with Crippen LogP contribution in [0.25, 0.3) is 10.9 Å². The molecule has 1 aliphatic heterocycles. The smallest absolute Gasteiger partial charge is 0.249 e. The van der Waals surface area contributed by atoms with Crippen LogP contribution in [0.2, 0.25) is 5.02 Å². The zero-order chi connectivity index (χ0) is 27.1. The Balaban J connectivity index is 1.35. The van der Waals surface area contributed by atoms with Gasteiger partial charge in [-0.05, 0) is 94.7 Å². The molecule has 1 aliphatic rings. The van der Waals surface area contributed by atoms with E-state index in [4.69, 9.17) is 16.3 Å². The molecule has 0 radical (unpaired) electrons. The Morgan fingerprint density at radius 3 is 2.79 bits per heavy atom. The van der Waals surface area contributed by atoms with Crippen LogP contribution in [0.4, 0.5) is 4.39 Å². The number of benzene rings is 2. The molecular weight excluding hydrogens is 525 g/mol. The third kappa shape index (κ3) is 6.78. The SMILES string of the molecule is COc1ccc2ncc(Cl)c(C(F)CCC3(C(=O)NO)CCN(CCCSc4cccc(C)c4)CC3)c2c1. The van der Waals surface area contributed by atoms with Gasteiger partial charge in [-0.1, -0.05) is 29.3 Å². The highest BCUT2D eigenvalue weighted by atomic mass is 35.5. The van der Waals surface area contributed by atoms with E-state index in [1.165, 1.54) is 16.7 Å². The van der Waals surface area contributed by atoms with Crippen LogP contribution in [0.3, 0.4) is 0 Å². The van der Waals surface area contributed by atoms with Gasteiger partial charge in [0.05, 0.1) is 23.1 Å². The van der Waals surface area contributed by atoms with Gasteiger partial charge in [0, 0.05) is 22.0 Å². The highest BCUT2D eigenvalue weighted by Crippen LogP contribution is 2.42. The first kappa shape index (κ1) is 28.6. The molecule has 1 atom stereocenters. The van der Waals surface area contributed by atoms with Crippen molar-refractivity contribution in [1.29, 1.82) is 0 Å². The number of pyridine rings is 1. The van der Waals surface area contributed by atoms with E-state index in [2.05, 4.69) is 41.1 Å². The van der Waals surface area contributed by atoms with Crippen LogP contribution >= 0.6 is 23.4 Å². The summed E-state index contributed by atoms with van der Waals surface area (Å²) < 4.78 is 21.0. The number of aromatic nitrogens is 1. The van der Waals surface area contributed by atoms with E-state index in [1.807, 2.05) is 17.2 Å². The van der Waals surface area contributed by atoms with Crippen LogP contribution in [0.5, 0.6) is 5.75 Å². The van der Waals surface area contributed by atoms with Crippen molar-refractivity contribution in [2.75, 3.05) is 32.5 Å². The number of halogens is 2. The lowest BCUT2D eigenvalue weighted by Gasteiger charge is -2.40. The molecule has 0 saturated carbocycles. The lowest BCUT2D eigenvalue weighted by atomic mass is 9.73. The van der Waals surface area contributed by atoms with E-state index in [0.29, 0.717) is 41.5 Å². The van der Waals surface area contributed by atoms with Gasteiger partial charge in [-0.15, -0.1) is 11.8 Å². The van der Waals surface area contributed by atoms with Crippen LogP contribution in [-0.2, 0) is 4.79 Å². The third-order valence-corrected chi connectivity index (χ3v) is 8.91. The van der Waals surface area contributed by atoms with E-state index in [-0.39, 0.29) is 11.4 Å². The highest BCUT2D eigenvalue weighted by molar-refractivity contribution is 7.99. The van der Waals surface area contributed by atoms with Crippen LogP contribution < -0.4 is 10.2 Å². The number of hydrogen-bond donors (Lipinski definition) is 2. The largest absolute Gasteiger partial charge is 0.497 e. The molecule has 0 aliphatic carbocycles. The monoisotopic (exact) mass is 559 g/mol. The molecule has 0 spiro atoms. The van der Waals surface area contributed by atoms with Gasteiger partial charge in [0.25, 0.3) is 0 Å². The molecule has 6 nitrogen and oxygen atoms in total. The van der Waals surface area contributed by atoms with Crippen molar-refractivity contribution < 1.29 is 19.1 Å². The van der Waals surface area contributed by atoms with Crippen molar-refractivity contribution in [1.82, 2.24) is 15.4 Å². The van der Waals surface area contributed by atoms with Crippen molar-refractivity contribution in [3.8, 4) is 5.75 Å². The number of hydrogen-bond acceptors (Lipinski definition) is 6. The van der Waals surface area contributed by atoms with Crippen LogP contribution in [0.1, 0.15) is 49.4 Å². The number of aryl methyl sites for hydroxylation is 1. The number of nitrogens with one attached hydrogen (secondary N) is 1. The fourth-order valence-corrected chi connectivity index (χ4v) is 6.48. The first-order valence-electron chi connectivity index (χ1n) is 13.0. The maximum atomic E-state index is 15.7. The predicted octanol–water partition coefficient (Wildman–Crippen LogP) is 6.77. The number of carbonyl (C=O) groups excluding carboxylic acids is 1. The maximum absolute atomic E-state index is 15.7. The van der Waals surface area contributed by atoms with Crippen molar-refractivity contribution in [3.05, 3.63) is 64.8 Å². The minimum atomic E-state index is -1.39. The molecule has 1 amide bonds. The van der Waals surface area contributed by atoms with Crippen molar-refractivity contribution in [3.63, 3.8) is 0 Å². The van der Waals surface area contributed by atoms with Gasteiger partial charge in [0.2, 0.25) is 5.91 Å². The average Bonchev–Trinajstić information content (AvgIpc) is 2.94. The summed E-state index contributed by atoms with van der Waals surface area (Å²) in [5.41, 5.74) is 3.28. The second kappa shape index (κ2) is 13.1. The number of methoxy groups -OCH3 is 1. The Morgan fingerprint density at radius 1 is 1.29 bits per heavy atom. The van der Waals surface area contributed by atoms with Gasteiger partial charge in [0.15, 0.2) is 0 Å². The molecule has 1 unspecified atom stereocenters. The normalized spacial score (nSPS) is 16.3. The van der Waals surface area contributed by atoms with Gasteiger partial charge in [-0.25, -0.2) is 9.87 Å². The molecule has 1 fully saturated rings. The molecule has 3 aromatic rings. The van der Waals surface area contributed by atoms with Crippen molar-refractivity contribution in [2.45, 2.75) is 50.1 Å². The lowest BCUT2D eigenvalue weighted by molar-refractivity contribution is -0.143. The standard InChI is InChI=1S/C29H35ClFN3O3S/c1-20-5-3-6-22(17-20)38-16-4-13-34-14-11-29(12-15-34,28(35)33-36)10-9-25(31)27-23-18-21(37-2)7-8-26(23)32-19-24(27)30/h3,5-8,17-19,25,36H,4,9-16H2,1-2H3,(H,33,35). The minimum Gasteiger partial charge on any atom is -0.497 e. The van der Waals surface area contributed by atoms with Crippen LogP contribution in [0, 0.1) is 12.3 Å². The third-order valence-electron chi connectivity index (χ3n) is 7.53. The second-order valence-electron chi connectivity index (χ2n) is 9.99. The lowest BCUT2D eigenvalue weighted by Crippen LogP contribution is -2.48. The summed E-state index contributed by atoms with van der Waals surface area (Å²) in [6.45, 7) is 4.51. The Labute approximate surface area is 232 Å². The Bertz CT molecular complexity index is 1250. The quantitative estimate of drug-likeness (QED) is 0.117. The van der Waals surface area contributed by atoms with Crippen molar-refractivity contribution >= 4 is 40.2 Å². The maximum Gasteiger partial charge on any atom is 0.249 e. The molecule has 2 heterocycles. The number of fused-ring (bicyclic) bond motifs is 1. The zero-order valence-electron chi connectivity index (χ0n) is 21.9. The van der Waals surface area contributed by atoms with E-state index in [9.17, 15) is 10.0 Å². The van der Waals surface area contributed by atoms with Gasteiger partial charge in [0.1, 0.15) is 11.9 Å². The summed E-state index contributed by atoms with van der Waals surface area (Å²) in [5, 5.41) is 10.3. The fraction of sp³-hybridized carbons (Fsp3) is 0.448. The van der Waals surface area contributed by atoms with Gasteiger partial charge < -0.3 is 9.64 Å². The van der Waals surface area contributed by atoms with Crippen LogP contribution in [-0.4, -0.2) is 53.5 Å². The Kier molecular flexibility index (Phi) is 9.87. The molecular formula is C29H35ClFN3O3S. The summed E-state index contributed by atoms with van der Waals surface area (Å²) in [4.78, 5) is 20.7. The molecule has 2 N–H and O–H groups in total. The average molecular weight is 560 g/mol. The number of nitrogens with zero attached hydrogens (tertiary/aromatic N) is 2. The molecule has 4 rings (SSSR count). The molecule has 2 aromatic carbocycles. The number of rotatable bonds is 11. The molecule has 1 saturated heterocycles. The van der Waals surface area contributed by atoms with Gasteiger partial charge in [-0.2, -0.15) is 0 Å². The van der Waals surface area contributed by atoms with E-state index in [1.54, 1.807) is 25.3 Å². The zero-order valence-corrected chi connectivity index (χ0v) is 23.5. The highest BCUT2D eigenvalue weighted by Gasteiger charge is 2.41. The Morgan fingerprint density at radius 2 is 2.08 bits per heavy atom. The summed E-state index contributed by atoms with van der Waals surface area (Å²) in [7, 11) is 1.55. The summed E-state index contributed by atoms with van der Waals surface area (Å²) in [6, 6.07) is 13.8. The number of carbonyl (C=O) groups is 1. The summed E-state index contributed by atoms with van der Waals surface area (Å²) in [6.07, 6.45) is 2.66. The second-order valence-corrected chi connectivity index (χ2v) is 11.6. The minimum absolute atomic E-state index is 0.108. The first-order chi connectivity index (χ1) is 18.3. The van der Waals surface area contributed by atoms with Gasteiger partial charge in [-0.3, -0.25) is 15.0 Å². The first-order valence-corrected chi connectivity index (χ1v) is 14.3. The number of thioether (sulfide) groups is 1. The molecule has 38 heavy (non-hydrogen) atoms. The predicted molar refractivity (Wildman–Crippen MR) is 151 cm³/mol. The van der Waals surface area contributed by atoms with E-state index in [0.717, 1.165) is 31.8 Å². The topological polar surface area (TPSA) is 74.7 Å². The molecule has 204 valence electrons. The van der Waals surface area contributed by atoms with E-state index >= 15 is 4.39 Å². The Hall–Kier alpha value is -2.39.